The Balaban J connectivity index is 2.56. The van der Waals surface area contributed by atoms with Crippen molar-refractivity contribution in [3.05, 3.63) is 29.8 Å². The Morgan fingerprint density at radius 2 is 2.27 bits per heavy atom. The van der Waals surface area contributed by atoms with Gasteiger partial charge in [0.15, 0.2) is 0 Å². The fourth-order valence-electron chi connectivity index (χ4n) is 0.798. The Morgan fingerprint density at radius 1 is 1.45 bits per heavy atom. The molecule has 0 bridgehead atoms. The van der Waals surface area contributed by atoms with E-state index in [0.29, 0.717) is 0 Å². The van der Waals surface area contributed by atoms with E-state index >= 15 is 0 Å². The van der Waals surface area contributed by atoms with Gasteiger partial charge in [-0.1, -0.05) is 12.1 Å². The van der Waals surface area contributed by atoms with Crippen LogP contribution in [-0.2, 0) is 4.18 Å². The van der Waals surface area contributed by atoms with Crippen LogP contribution in [0.3, 0.4) is 0 Å². The highest BCUT2D eigenvalue weighted by Crippen LogP contribution is 2.13. The first-order valence-corrected chi connectivity index (χ1v) is 4.09. The second-order valence-electron chi connectivity index (χ2n) is 2.22. The summed E-state index contributed by atoms with van der Waals surface area (Å²) in [6.07, 6.45) is 0. The molecule has 0 radical (unpaired) electrons. The first-order chi connectivity index (χ1) is 5.33. The van der Waals surface area contributed by atoms with E-state index in [1.807, 2.05) is 12.1 Å². The monoisotopic (exact) mass is 169 g/mol. The fourth-order valence-corrected chi connectivity index (χ4v) is 1.10. The molecular formula is C8H11NOS. The van der Waals surface area contributed by atoms with E-state index in [0.717, 1.165) is 5.69 Å². The predicted octanol–water partition coefficient (Wildman–Crippen LogP) is 2.62. The van der Waals surface area contributed by atoms with Crippen molar-refractivity contribution in [2.75, 3.05) is 11.8 Å². The van der Waals surface area contributed by atoms with E-state index in [-0.39, 0.29) is 0 Å². The van der Waals surface area contributed by atoms with Gasteiger partial charge in [0.2, 0.25) is 0 Å². The number of nitrogens with one attached hydrogen (secondary N) is 1. The van der Waals surface area contributed by atoms with Crippen LogP contribution in [-0.4, -0.2) is 7.11 Å². The number of hydrogen-bond donors (Lipinski definition) is 1. The molecular weight excluding hydrogens is 158 g/mol. The summed E-state index contributed by atoms with van der Waals surface area (Å²) in [7, 11) is 1.63. The van der Waals surface area contributed by atoms with Gasteiger partial charge < -0.3 is 8.91 Å². The lowest BCUT2D eigenvalue weighted by Crippen LogP contribution is -1.86. The van der Waals surface area contributed by atoms with E-state index in [9.17, 15) is 0 Å². The Bertz CT molecular complexity index is 227. The molecule has 0 heterocycles. The minimum atomic E-state index is 1.07. The highest BCUT2D eigenvalue weighted by Gasteiger charge is 1.89. The second kappa shape index (κ2) is 4.26. The third-order valence-corrected chi connectivity index (χ3v) is 1.75. The van der Waals surface area contributed by atoms with E-state index in [1.54, 1.807) is 7.11 Å². The third-order valence-electron chi connectivity index (χ3n) is 1.26. The van der Waals surface area contributed by atoms with Crippen molar-refractivity contribution in [1.82, 2.24) is 0 Å². The Hall–Kier alpha value is -0.670. The van der Waals surface area contributed by atoms with E-state index < -0.39 is 0 Å². The normalized spacial score (nSPS) is 9.64. The summed E-state index contributed by atoms with van der Waals surface area (Å²) in [6.45, 7) is 2.06. The molecule has 60 valence electrons. The average molecular weight is 169 g/mol. The Labute approximate surface area is 71.3 Å². The van der Waals surface area contributed by atoms with Gasteiger partial charge in [-0.05, 0) is 24.6 Å². The number of hydrogen-bond acceptors (Lipinski definition) is 3. The van der Waals surface area contributed by atoms with Crippen molar-refractivity contribution in [3.8, 4) is 0 Å². The van der Waals surface area contributed by atoms with Crippen molar-refractivity contribution in [1.29, 1.82) is 0 Å². The molecule has 0 fully saturated rings. The molecule has 0 aliphatic carbocycles. The molecule has 0 saturated heterocycles. The highest BCUT2D eigenvalue weighted by atomic mass is 32.2. The van der Waals surface area contributed by atoms with Crippen LogP contribution in [0.25, 0.3) is 0 Å². The molecule has 2 nitrogen and oxygen atoms in total. The number of aryl methyl sites for hydroxylation is 1. The van der Waals surface area contributed by atoms with Gasteiger partial charge in [-0.15, -0.1) is 0 Å². The van der Waals surface area contributed by atoms with Gasteiger partial charge in [-0.25, -0.2) is 0 Å². The summed E-state index contributed by atoms with van der Waals surface area (Å²) in [5.74, 6) is 0. The molecule has 1 N–H and O–H groups in total. The summed E-state index contributed by atoms with van der Waals surface area (Å²) in [6, 6.07) is 8.13. The summed E-state index contributed by atoms with van der Waals surface area (Å²) in [4.78, 5) is 0. The summed E-state index contributed by atoms with van der Waals surface area (Å²) in [5, 5.41) is 0. The highest BCUT2D eigenvalue weighted by molar-refractivity contribution is 7.95. The zero-order chi connectivity index (χ0) is 8.10. The van der Waals surface area contributed by atoms with Gasteiger partial charge in [0, 0.05) is 5.69 Å². The summed E-state index contributed by atoms with van der Waals surface area (Å²) >= 11 is 1.22. The maximum Gasteiger partial charge on any atom is 0.111 e. The maximum absolute atomic E-state index is 4.79. The molecule has 0 aliphatic rings. The predicted molar refractivity (Wildman–Crippen MR) is 49.4 cm³/mol. The molecule has 11 heavy (non-hydrogen) atoms. The largest absolute Gasteiger partial charge is 0.307 e. The van der Waals surface area contributed by atoms with Gasteiger partial charge in [-0.2, -0.15) is 0 Å². The maximum atomic E-state index is 4.79. The quantitative estimate of drug-likeness (QED) is 0.555. The van der Waals surface area contributed by atoms with Crippen molar-refractivity contribution in [2.45, 2.75) is 6.92 Å². The van der Waals surface area contributed by atoms with E-state index in [4.69, 9.17) is 4.18 Å². The molecule has 1 aromatic carbocycles. The molecule has 0 amide bonds. The molecule has 0 aliphatic heterocycles. The molecule has 1 rings (SSSR count). The number of rotatable bonds is 3. The SMILES string of the molecule is COSNc1cccc(C)c1. The lowest BCUT2D eigenvalue weighted by Gasteiger charge is -2.02. The second-order valence-corrected chi connectivity index (χ2v) is 2.93. The van der Waals surface area contributed by atoms with Crippen LogP contribution < -0.4 is 4.72 Å². The molecule has 3 heteroatoms. The van der Waals surface area contributed by atoms with Crippen LogP contribution in [0.5, 0.6) is 0 Å². The van der Waals surface area contributed by atoms with Gasteiger partial charge >= 0.3 is 0 Å². The number of anilines is 1. The standard InChI is InChI=1S/C8H11NOS/c1-7-4-3-5-8(6-7)9-11-10-2/h3-6,9H,1-2H3. The van der Waals surface area contributed by atoms with Gasteiger partial charge in [0.25, 0.3) is 0 Å². The molecule has 0 spiro atoms. The average Bonchev–Trinajstić information content (AvgIpc) is 2.01. The minimum Gasteiger partial charge on any atom is -0.307 e. The minimum absolute atomic E-state index is 1.07. The third kappa shape index (κ3) is 2.82. The van der Waals surface area contributed by atoms with Gasteiger partial charge in [0.05, 0.1) is 7.11 Å². The Morgan fingerprint density at radius 3 is 2.91 bits per heavy atom. The molecule has 0 saturated carbocycles. The summed E-state index contributed by atoms with van der Waals surface area (Å²) < 4.78 is 7.82. The fraction of sp³-hybridized carbons (Fsp3) is 0.250. The molecule has 1 aromatic rings. The molecule has 0 unspecified atom stereocenters. The molecule has 0 atom stereocenters. The van der Waals surface area contributed by atoms with Crippen LogP contribution in [0.1, 0.15) is 5.56 Å². The lowest BCUT2D eigenvalue weighted by atomic mass is 10.2. The van der Waals surface area contributed by atoms with E-state index in [1.165, 1.54) is 17.8 Å². The van der Waals surface area contributed by atoms with Crippen LogP contribution in [0, 0.1) is 6.92 Å². The topological polar surface area (TPSA) is 21.3 Å². The van der Waals surface area contributed by atoms with E-state index in [2.05, 4.69) is 23.8 Å². The molecule has 0 aromatic heterocycles. The zero-order valence-electron chi connectivity index (χ0n) is 6.63. The van der Waals surface area contributed by atoms with Crippen LogP contribution >= 0.6 is 12.2 Å². The Kier molecular flexibility index (Phi) is 3.26. The van der Waals surface area contributed by atoms with Crippen molar-refractivity contribution in [2.24, 2.45) is 0 Å². The first-order valence-electron chi connectivity index (χ1n) is 3.35. The van der Waals surface area contributed by atoms with Crippen molar-refractivity contribution < 1.29 is 4.18 Å². The van der Waals surface area contributed by atoms with Crippen molar-refractivity contribution >= 4 is 17.9 Å². The van der Waals surface area contributed by atoms with Crippen LogP contribution in [0.2, 0.25) is 0 Å². The lowest BCUT2D eigenvalue weighted by molar-refractivity contribution is 0.492. The summed E-state index contributed by atoms with van der Waals surface area (Å²) in [5.41, 5.74) is 2.31. The number of benzene rings is 1. The van der Waals surface area contributed by atoms with Crippen LogP contribution in [0.4, 0.5) is 5.69 Å². The zero-order valence-corrected chi connectivity index (χ0v) is 7.44. The van der Waals surface area contributed by atoms with Crippen molar-refractivity contribution in [3.63, 3.8) is 0 Å². The smallest absolute Gasteiger partial charge is 0.111 e. The van der Waals surface area contributed by atoms with Crippen LogP contribution in [0.15, 0.2) is 24.3 Å². The van der Waals surface area contributed by atoms with Gasteiger partial charge in [0.1, 0.15) is 12.2 Å². The van der Waals surface area contributed by atoms with Gasteiger partial charge in [-0.3, -0.25) is 0 Å². The first kappa shape index (κ1) is 8.43.